The maximum Gasteiger partial charge on any atom is 0.307 e. The number of esters is 1. The minimum absolute atomic E-state index is 0.166. The Morgan fingerprint density at radius 3 is 2.79 bits per heavy atom. The molecule has 0 saturated heterocycles. The predicted octanol–water partition coefficient (Wildman–Crippen LogP) is 5.98. The van der Waals surface area contributed by atoms with Gasteiger partial charge in [-0.15, -0.1) is 0 Å². The van der Waals surface area contributed by atoms with Crippen molar-refractivity contribution in [3.8, 4) is 5.75 Å². The average molecular weight is 685 g/mol. The van der Waals surface area contributed by atoms with Crippen molar-refractivity contribution in [3.05, 3.63) is 70.3 Å². The van der Waals surface area contributed by atoms with Crippen LogP contribution in [-0.2, 0) is 36.1 Å². The minimum Gasteiger partial charge on any atom is -0.490 e. The molecule has 6 rings (SSSR count). The number of allylic oxidation sites excluding steroid dienone is 1. The summed E-state index contributed by atoms with van der Waals surface area (Å²) < 4.78 is 46.8. The molecule has 2 heterocycles. The molecule has 0 unspecified atom stereocenters. The van der Waals surface area contributed by atoms with Crippen LogP contribution in [-0.4, -0.2) is 65.1 Å². The second-order valence-electron chi connectivity index (χ2n) is 13.5. The molecule has 1 N–H and O–H groups in total. The maximum atomic E-state index is 13.5. The highest BCUT2D eigenvalue weighted by atomic mass is 35.5. The van der Waals surface area contributed by atoms with Crippen LogP contribution in [0.4, 0.5) is 5.69 Å². The van der Waals surface area contributed by atoms with Crippen molar-refractivity contribution in [1.82, 2.24) is 4.72 Å². The summed E-state index contributed by atoms with van der Waals surface area (Å²) in [7, 11) is -2.55. The summed E-state index contributed by atoms with van der Waals surface area (Å²) in [6.07, 6.45) is 10.2. The zero-order valence-corrected chi connectivity index (χ0v) is 28.8. The van der Waals surface area contributed by atoms with E-state index >= 15 is 0 Å². The third-order valence-corrected chi connectivity index (χ3v) is 12.8. The van der Waals surface area contributed by atoms with Crippen LogP contribution in [0.25, 0.3) is 0 Å². The van der Waals surface area contributed by atoms with Crippen LogP contribution < -0.4 is 14.4 Å². The topological polar surface area (TPSA) is 111 Å². The molecule has 1 spiro atoms. The standard InChI is InChI=1S/C36H45ClN2O7S/c1-3-28-8-4-5-9-32(45-18-16-34(40)44-2)29-13-10-26(29)21-39-22-36(17-6-7-24-19-27(37)12-14-30(24)36)23-46-33-15-11-25(20-31(33)39)35(41)38-47(28,42)43/h5,9,11-12,14-15,19-20,26,28-29,32H,3-4,6-8,10,13,16-18,21-23H2,1-2H3,(H,38,41)/b9-5-/t26-,28+,29+,32-,36-/m0/s1. The quantitative estimate of drug-likeness (QED) is 0.303. The highest BCUT2D eigenvalue weighted by Crippen LogP contribution is 2.47. The molecule has 2 aromatic rings. The summed E-state index contributed by atoms with van der Waals surface area (Å²) in [6.45, 7) is 3.95. The van der Waals surface area contributed by atoms with Gasteiger partial charge in [0.2, 0.25) is 10.0 Å². The van der Waals surface area contributed by atoms with Gasteiger partial charge in [0.25, 0.3) is 5.91 Å². The van der Waals surface area contributed by atoms with Crippen molar-refractivity contribution in [2.75, 3.05) is 38.3 Å². The lowest BCUT2D eigenvalue weighted by molar-refractivity contribution is -0.142. The lowest BCUT2D eigenvalue weighted by Crippen LogP contribution is -2.49. The summed E-state index contributed by atoms with van der Waals surface area (Å²) in [5.74, 6) is 0.243. The van der Waals surface area contributed by atoms with Crippen molar-refractivity contribution >= 4 is 39.2 Å². The molecule has 254 valence electrons. The smallest absolute Gasteiger partial charge is 0.307 e. The number of rotatable bonds is 5. The van der Waals surface area contributed by atoms with E-state index in [9.17, 15) is 18.0 Å². The van der Waals surface area contributed by atoms with E-state index in [-0.39, 0.29) is 42.0 Å². The lowest BCUT2D eigenvalue weighted by atomic mass is 9.68. The molecule has 4 aliphatic rings. The normalized spacial score (nSPS) is 29.3. The number of aryl methyl sites for hydroxylation is 1. The number of anilines is 1. The number of nitrogens with one attached hydrogen (secondary N) is 1. The summed E-state index contributed by atoms with van der Waals surface area (Å²) in [4.78, 5) is 27.7. The van der Waals surface area contributed by atoms with Crippen LogP contribution in [0.1, 0.15) is 79.8 Å². The zero-order valence-electron chi connectivity index (χ0n) is 27.2. The van der Waals surface area contributed by atoms with Crippen LogP contribution in [0.2, 0.25) is 5.02 Å². The first kappa shape index (κ1) is 33.8. The Labute approximate surface area is 283 Å². The fourth-order valence-electron chi connectivity index (χ4n) is 7.86. The molecule has 0 radical (unpaired) electrons. The number of ether oxygens (including phenoxy) is 3. The van der Waals surface area contributed by atoms with Gasteiger partial charge in [0.05, 0.1) is 43.8 Å². The molecule has 5 atom stereocenters. The largest absolute Gasteiger partial charge is 0.490 e. The Morgan fingerprint density at radius 2 is 2.02 bits per heavy atom. The molecule has 1 fully saturated rings. The molecule has 1 amide bonds. The molecule has 2 aromatic carbocycles. The predicted molar refractivity (Wildman–Crippen MR) is 182 cm³/mol. The number of hydrogen-bond donors (Lipinski definition) is 1. The number of nitrogens with zero attached hydrogens (tertiary/aromatic N) is 1. The zero-order chi connectivity index (χ0) is 33.2. The number of hydrogen-bond acceptors (Lipinski definition) is 8. The van der Waals surface area contributed by atoms with Gasteiger partial charge in [0, 0.05) is 29.1 Å². The number of methoxy groups -OCH3 is 1. The van der Waals surface area contributed by atoms with Crippen molar-refractivity contribution in [3.63, 3.8) is 0 Å². The van der Waals surface area contributed by atoms with Gasteiger partial charge in [0.1, 0.15) is 5.75 Å². The van der Waals surface area contributed by atoms with Gasteiger partial charge in [-0.3, -0.25) is 9.59 Å². The Bertz CT molecular complexity index is 1630. The van der Waals surface area contributed by atoms with Crippen LogP contribution in [0.15, 0.2) is 48.6 Å². The first-order valence-corrected chi connectivity index (χ1v) is 18.8. The van der Waals surface area contributed by atoms with E-state index in [0.29, 0.717) is 44.1 Å². The van der Waals surface area contributed by atoms with Gasteiger partial charge in [-0.25, -0.2) is 13.1 Å². The second-order valence-corrected chi connectivity index (χ2v) is 15.9. The van der Waals surface area contributed by atoms with Crippen molar-refractivity contribution in [1.29, 1.82) is 0 Å². The van der Waals surface area contributed by atoms with Crippen molar-refractivity contribution in [2.45, 2.75) is 81.5 Å². The van der Waals surface area contributed by atoms with Crippen LogP contribution in [0.3, 0.4) is 0 Å². The molecule has 9 nitrogen and oxygen atoms in total. The fraction of sp³-hybridized carbons (Fsp3) is 0.556. The number of fused-ring (bicyclic) bond motifs is 4. The van der Waals surface area contributed by atoms with E-state index < -0.39 is 21.2 Å². The van der Waals surface area contributed by atoms with E-state index in [1.807, 2.05) is 25.1 Å². The highest BCUT2D eigenvalue weighted by molar-refractivity contribution is 7.90. The van der Waals surface area contributed by atoms with E-state index in [1.54, 1.807) is 18.2 Å². The fourth-order valence-corrected chi connectivity index (χ4v) is 9.48. The molecule has 2 aliphatic heterocycles. The van der Waals surface area contributed by atoms with Crippen LogP contribution in [0.5, 0.6) is 5.75 Å². The van der Waals surface area contributed by atoms with Gasteiger partial charge >= 0.3 is 5.97 Å². The van der Waals surface area contributed by atoms with E-state index in [4.69, 9.17) is 25.8 Å². The number of carbonyl (C=O) groups is 2. The number of benzene rings is 2. The number of halogens is 1. The van der Waals surface area contributed by atoms with E-state index in [1.165, 1.54) is 18.2 Å². The van der Waals surface area contributed by atoms with Gasteiger partial charge < -0.3 is 19.1 Å². The maximum absolute atomic E-state index is 13.5. The Morgan fingerprint density at radius 1 is 1.17 bits per heavy atom. The summed E-state index contributed by atoms with van der Waals surface area (Å²) in [6, 6.07) is 11.4. The third-order valence-electron chi connectivity index (χ3n) is 10.6. The summed E-state index contributed by atoms with van der Waals surface area (Å²) in [5, 5.41) is 0.00251. The average Bonchev–Trinajstić information content (AvgIpc) is 3.18. The summed E-state index contributed by atoms with van der Waals surface area (Å²) >= 11 is 6.43. The van der Waals surface area contributed by atoms with Crippen LogP contribution >= 0.6 is 11.6 Å². The molecule has 2 bridgehead atoms. The number of amides is 1. The SMILES string of the molecule is CC[C@@H]1CC/C=C\[C@H](OCCC(=O)OC)[C@@H]2CC[C@H]2CN2C[C@@]3(CCCc4cc(Cl)ccc43)COc3ccc(cc32)C(=O)NS1(=O)=O. The second kappa shape index (κ2) is 14.2. The molecule has 1 saturated carbocycles. The highest BCUT2D eigenvalue weighted by Gasteiger charge is 2.44. The molecular formula is C36H45ClN2O7S. The van der Waals surface area contributed by atoms with Crippen molar-refractivity contribution in [2.24, 2.45) is 11.8 Å². The number of sulfonamides is 1. The van der Waals surface area contributed by atoms with Gasteiger partial charge in [0.15, 0.2) is 0 Å². The Balaban J connectivity index is 1.39. The molecular weight excluding hydrogens is 640 g/mol. The van der Waals surface area contributed by atoms with Crippen LogP contribution in [0, 0.1) is 11.8 Å². The van der Waals surface area contributed by atoms with E-state index in [0.717, 1.165) is 49.4 Å². The molecule has 2 aliphatic carbocycles. The van der Waals surface area contributed by atoms with E-state index in [2.05, 4.69) is 21.8 Å². The first-order chi connectivity index (χ1) is 22.6. The molecule has 0 aromatic heterocycles. The molecule has 11 heteroatoms. The Hall–Kier alpha value is -3.08. The van der Waals surface area contributed by atoms with Gasteiger partial charge in [-0.2, -0.15) is 0 Å². The third kappa shape index (κ3) is 7.20. The first-order valence-electron chi connectivity index (χ1n) is 16.8. The van der Waals surface area contributed by atoms with Crippen molar-refractivity contribution < 1.29 is 32.2 Å². The van der Waals surface area contributed by atoms with Gasteiger partial charge in [-0.05, 0) is 105 Å². The summed E-state index contributed by atoms with van der Waals surface area (Å²) in [5.41, 5.74) is 3.28. The Kier molecular flexibility index (Phi) is 10.2. The monoisotopic (exact) mass is 684 g/mol. The number of carbonyl (C=O) groups excluding carboxylic acids is 2. The minimum atomic E-state index is -3.92. The lowest BCUT2D eigenvalue weighted by Gasteiger charge is -2.46. The van der Waals surface area contributed by atoms with Gasteiger partial charge in [-0.1, -0.05) is 36.7 Å². The molecule has 47 heavy (non-hydrogen) atoms.